The number of aromatic nitrogens is 2. The first-order chi connectivity index (χ1) is 10.7. The molecule has 6 nitrogen and oxygen atoms in total. The molecule has 3 rings (SSSR count). The number of ether oxygens (including phenoxy) is 1. The van der Waals surface area contributed by atoms with E-state index in [2.05, 4.69) is 39.1 Å². The van der Waals surface area contributed by atoms with Gasteiger partial charge in [0.15, 0.2) is 0 Å². The van der Waals surface area contributed by atoms with E-state index in [1.165, 1.54) is 5.69 Å². The maximum Gasteiger partial charge on any atom is 0.233 e. The molecule has 1 fully saturated rings. The SMILES string of the molecule is COc1cccc(N2CCN(C(C)c3nnc(C)o3)CC2)c1. The summed E-state index contributed by atoms with van der Waals surface area (Å²) in [5.41, 5.74) is 1.21. The molecule has 1 aliphatic rings. The van der Waals surface area contributed by atoms with Crippen molar-refractivity contribution in [2.45, 2.75) is 19.9 Å². The van der Waals surface area contributed by atoms with E-state index in [-0.39, 0.29) is 6.04 Å². The Morgan fingerprint density at radius 2 is 1.95 bits per heavy atom. The van der Waals surface area contributed by atoms with Gasteiger partial charge in [-0.2, -0.15) is 0 Å². The van der Waals surface area contributed by atoms with Crippen LogP contribution in [0, 0.1) is 6.92 Å². The van der Waals surface area contributed by atoms with Crippen LogP contribution in [0.1, 0.15) is 24.7 Å². The molecule has 0 saturated carbocycles. The summed E-state index contributed by atoms with van der Waals surface area (Å²) in [5.74, 6) is 2.22. The highest BCUT2D eigenvalue weighted by Gasteiger charge is 2.25. The average molecular weight is 302 g/mol. The molecule has 1 aromatic carbocycles. The van der Waals surface area contributed by atoms with Gasteiger partial charge in [-0.15, -0.1) is 10.2 Å². The van der Waals surface area contributed by atoms with E-state index >= 15 is 0 Å². The Labute approximate surface area is 130 Å². The van der Waals surface area contributed by atoms with Gasteiger partial charge in [-0.1, -0.05) is 6.07 Å². The molecule has 2 aromatic rings. The van der Waals surface area contributed by atoms with Crippen LogP contribution in [0.4, 0.5) is 5.69 Å². The number of piperazine rings is 1. The van der Waals surface area contributed by atoms with Crippen molar-refractivity contribution in [1.29, 1.82) is 0 Å². The third-order valence-electron chi connectivity index (χ3n) is 4.18. The van der Waals surface area contributed by atoms with Gasteiger partial charge in [-0.3, -0.25) is 4.90 Å². The van der Waals surface area contributed by atoms with Crippen LogP contribution in [0.3, 0.4) is 0 Å². The maximum absolute atomic E-state index is 5.55. The van der Waals surface area contributed by atoms with Gasteiger partial charge in [-0.25, -0.2) is 0 Å². The lowest BCUT2D eigenvalue weighted by molar-refractivity contribution is 0.172. The number of aryl methyl sites for hydroxylation is 1. The highest BCUT2D eigenvalue weighted by atomic mass is 16.5. The molecule has 22 heavy (non-hydrogen) atoms. The zero-order valence-corrected chi connectivity index (χ0v) is 13.3. The number of benzene rings is 1. The van der Waals surface area contributed by atoms with Gasteiger partial charge in [0, 0.05) is 44.9 Å². The van der Waals surface area contributed by atoms with E-state index in [0.717, 1.165) is 31.9 Å². The summed E-state index contributed by atoms with van der Waals surface area (Å²) in [4.78, 5) is 4.76. The van der Waals surface area contributed by atoms with E-state index in [0.29, 0.717) is 11.8 Å². The molecule has 1 aliphatic heterocycles. The lowest BCUT2D eigenvalue weighted by atomic mass is 10.2. The van der Waals surface area contributed by atoms with E-state index in [9.17, 15) is 0 Å². The van der Waals surface area contributed by atoms with Crippen molar-refractivity contribution in [3.8, 4) is 5.75 Å². The smallest absolute Gasteiger partial charge is 0.233 e. The van der Waals surface area contributed by atoms with Crippen molar-refractivity contribution in [3.05, 3.63) is 36.0 Å². The molecule has 2 heterocycles. The molecular weight excluding hydrogens is 280 g/mol. The van der Waals surface area contributed by atoms with E-state index in [1.54, 1.807) is 7.11 Å². The van der Waals surface area contributed by atoms with Crippen LogP contribution < -0.4 is 9.64 Å². The largest absolute Gasteiger partial charge is 0.497 e. The molecule has 6 heteroatoms. The molecular formula is C16H22N4O2. The molecule has 1 atom stereocenters. The average Bonchev–Trinajstić information content (AvgIpc) is 3.01. The molecule has 0 aliphatic carbocycles. The fourth-order valence-corrected chi connectivity index (χ4v) is 2.81. The predicted octanol–water partition coefficient (Wildman–Crippen LogP) is 2.27. The molecule has 118 valence electrons. The standard InChI is InChI=1S/C16H22N4O2/c1-12(16-18-17-13(2)22-16)19-7-9-20(10-8-19)14-5-4-6-15(11-14)21-3/h4-6,11-12H,7-10H2,1-3H3. The quantitative estimate of drug-likeness (QED) is 0.863. The molecule has 0 spiro atoms. The van der Waals surface area contributed by atoms with Crippen LogP contribution >= 0.6 is 0 Å². The van der Waals surface area contributed by atoms with Crippen molar-refractivity contribution < 1.29 is 9.15 Å². The van der Waals surface area contributed by atoms with Crippen LogP contribution in [-0.2, 0) is 0 Å². The second kappa shape index (κ2) is 6.36. The van der Waals surface area contributed by atoms with Gasteiger partial charge in [0.05, 0.1) is 13.2 Å². The van der Waals surface area contributed by atoms with Crippen LogP contribution in [0.15, 0.2) is 28.7 Å². The molecule has 1 saturated heterocycles. The van der Waals surface area contributed by atoms with E-state index in [4.69, 9.17) is 9.15 Å². The monoisotopic (exact) mass is 302 g/mol. The summed E-state index contributed by atoms with van der Waals surface area (Å²) in [7, 11) is 1.70. The summed E-state index contributed by atoms with van der Waals surface area (Å²) in [6.07, 6.45) is 0. The zero-order chi connectivity index (χ0) is 15.5. The first-order valence-corrected chi connectivity index (χ1v) is 7.60. The molecule has 1 unspecified atom stereocenters. The third-order valence-corrected chi connectivity index (χ3v) is 4.18. The summed E-state index contributed by atoms with van der Waals surface area (Å²) in [6.45, 7) is 7.84. The third kappa shape index (κ3) is 3.06. The number of methoxy groups -OCH3 is 1. The molecule has 0 amide bonds. The Balaban J connectivity index is 1.62. The van der Waals surface area contributed by atoms with Crippen LogP contribution in [0.2, 0.25) is 0 Å². The Bertz CT molecular complexity index is 620. The van der Waals surface area contributed by atoms with Crippen LogP contribution in [-0.4, -0.2) is 48.4 Å². The number of anilines is 1. The van der Waals surface area contributed by atoms with Crippen molar-refractivity contribution in [2.75, 3.05) is 38.2 Å². The summed E-state index contributed by atoms with van der Waals surface area (Å²) in [6, 6.07) is 8.38. The Hall–Kier alpha value is -2.08. The lowest BCUT2D eigenvalue weighted by Gasteiger charge is -2.38. The van der Waals surface area contributed by atoms with Crippen LogP contribution in [0.25, 0.3) is 0 Å². The minimum atomic E-state index is 0.161. The summed E-state index contributed by atoms with van der Waals surface area (Å²) >= 11 is 0. The van der Waals surface area contributed by atoms with E-state index < -0.39 is 0 Å². The van der Waals surface area contributed by atoms with Gasteiger partial charge < -0.3 is 14.1 Å². The highest BCUT2D eigenvalue weighted by molar-refractivity contribution is 5.51. The predicted molar refractivity (Wildman–Crippen MR) is 84.2 cm³/mol. The summed E-state index contributed by atoms with van der Waals surface area (Å²) < 4.78 is 10.8. The Morgan fingerprint density at radius 3 is 2.59 bits per heavy atom. The van der Waals surface area contributed by atoms with Gasteiger partial charge in [-0.05, 0) is 19.1 Å². The number of nitrogens with zero attached hydrogens (tertiary/aromatic N) is 4. The first kappa shape index (κ1) is 14.8. The molecule has 1 aromatic heterocycles. The van der Waals surface area contributed by atoms with Crippen molar-refractivity contribution in [2.24, 2.45) is 0 Å². The van der Waals surface area contributed by atoms with Crippen molar-refractivity contribution >= 4 is 5.69 Å². The van der Waals surface area contributed by atoms with Crippen molar-refractivity contribution in [3.63, 3.8) is 0 Å². The molecule has 0 bridgehead atoms. The van der Waals surface area contributed by atoms with Gasteiger partial charge in [0.25, 0.3) is 0 Å². The summed E-state index contributed by atoms with van der Waals surface area (Å²) in [5, 5.41) is 8.05. The second-order valence-corrected chi connectivity index (χ2v) is 5.56. The lowest BCUT2D eigenvalue weighted by Crippen LogP contribution is -2.47. The Kier molecular flexibility index (Phi) is 4.29. The number of hydrogen-bond donors (Lipinski definition) is 0. The number of rotatable bonds is 4. The Morgan fingerprint density at radius 1 is 1.18 bits per heavy atom. The van der Waals surface area contributed by atoms with Gasteiger partial charge in [0.2, 0.25) is 11.8 Å². The zero-order valence-electron chi connectivity index (χ0n) is 13.3. The van der Waals surface area contributed by atoms with Crippen LogP contribution in [0.5, 0.6) is 5.75 Å². The van der Waals surface area contributed by atoms with E-state index in [1.807, 2.05) is 19.1 Å². The number of hydrogen-bond acceptors (Lipinski definition) is 6. The normalized spacial score (nSPS) is 17.5. The topological polar surface area (TPSA) is 54.6 Å². The second-order valence-electron chi connectivity index (χ2n) is 5.56. The molecule has 0 N–H and O–H groups in total. The van der Waals surface area contributed by atoms with Crippen molar-refractivity contribution in [1.82, 2.24) is 15.1 Å². The van der Waals surface area contributed by atoms with Gasteiger partial charge in [0.1, 0.15) is 5.75 Å². The minimum Gasteiger partial charge on any atom is -0.497 e. The first-order valence-electron chi connectivity index (χ1n) is 7.60. The van der Waals surface area contributed by atoms with Gasteiger partial charge >= 0.3 is 0 Å². The fourth-order valence-electron chi connectivity index (χ4n) is 2.81. The maximum atomic E-state index is 5.55. The highest BCUT2D eigenvalue weighted by Crippen LogP contribution is 2.25. The minimum absolute atomic E-state index is 0.161. The molecule has 0 radical (unpaired) electrons. The fraction of sp³-hybridized carbons (Fsp3) is 0.500.